The van der Waals surface area contributed by atoms with Crippen molar-refractivity contribution in [3.63, 3.8) is 0 Å². The van der Waals surface area contributed by atoms with Crippen molar-refractivity contribution < 1.29 is 9.90 Å². The van der Waals surface area contributed by atoms with Crippen molar-refractivity contribution in [1.82, 2.24) is 14.3 Å². The number of piperazine rings is 1. The standard InChI is InChI=1S/C23H19ClN4O2S/c1-2-20(30)27-7-9-28(10-8-27)23-18-13-19(24)21(25-22(18)26-31-23)17-12-15(29)11-14-5-3-4-6-16(14)17/h2-6,11-13,29H,1,7-10H2. The Bertz CT molecular complexity index is 1330. The quantitative estimate of drug-likeness (QED) is 0.458. The van der Waals surface area contributed by atoms with Crippen LogP contribution in [0.3, 0.4) is 0 Å². The van der Waals surface area contributed by atoms with Crippen LogP contribution in [0.2, 0.25) is 5.02 Å². The van der Waals surface area contributed by atoms with Gasteiger partial charge in [-0.15, -0.1) is 0 Å². The molecule has 2 aromatic carbocycles. The fourth-order valence-corrected chi connectivity index (χ4v) is 5.12. The number of carbonyl (C=O) groups excluding carboxylic acids is 1. The third-order valence-electron chi connectivity index (χ3n) is 5.56. The molecule has 2 aromatic heterocycles. The molecule has 5 rings (SSSR count). The number of carbonyl (C=O) groups is 1. The van der Waals surface area contributed by atoms with Gasteiger partial charge in [-0.3, -0.25) is 4.79 Å². The monoisotopic (exact) mass is 450 g/mol. The average molecular weight is 451 g/mol. The van der Waals surface area contributed by atoms with E-state index in [0.29, 0.717) is 42.5 Å². The van der Waals surface area contributed by atoms with Gasteiger partial charge in [0, 0.05) is 31.7 Å². The van der Waals surface area contributed by atoms with E-state index in [4.69, 9.17) is 16.6 Å². The summed E-state index contributed by atoms with van der Waals surface area (Å²) in [5.41, 5.74) is 1.99. The molecule has 3 heterocycles. The van der Waals surface area contributed by atoms with Crippen LogP contribution in [-0.2, 0) is 4.79 Å². The number of phenols is 1. The number of hydrogen-bond donors (Lipinski definition) is 1. The summed E-state index contributed by atoms with van der Waals surface area (Å²) in [4.78, 5) is 20.6. The minimum Gasteiger partial charge on any atom is -0.508 e. The summed E-state index contributed by atoms with van der Waals surface area (Å²) in [5.74, 6) is 0.124. The lowest BCUT2D eigenvalue weighted by Gasteiger charge is -2.34. The number of pyridine rings is 1. The summed E-state index contributed by atoms with van der Waals surface area (Å²) >= 11 is 8.08. The molecular formula is C23H19ClN4O2S. The first-order valence-electron chi connectivity index (χ1n) is 9.89. The van der Waals surface area contributed by atoms with Crippen LogP contribution >= 0.6 is 23.1 Å². The van der Waals surface area contributed by atoms with E-state index < -0.39 is 0 Å². The zero-order valence-corrected chi connectivity index (χ0v) is 18.2. The Balaban J connectivity index is 1.53. The van der Waals surface area contributed by atoms with Crippen LogP contribution < -0.4 is 4.90 Å². The fraction of sp³-hybridized carbons (Fsp3) is 0.174. The lowest BCUT2D eigenvalue weighted by molar-refractivity contribution is -0.126. The van der Waals surface area contributed by atoms with Crippen molar-refractivity contribution in [2.45, 2.75) is 0 Å². The molecule has 0 spiro atoms. The van der Waals surface area contributed by atoms with Crippen molar-refractivity contribution in [2.75, 3.05) is 31.1 Å². The van der Waals surface area contributed by atoms with E-state index in [1.165, 1.54) is 17.6 Å². The Hall–Kier alpha value is -3.16. The molecule has 1 N–H and O–H groups in total. The predicted molar refractivity (Wildman–Crippen MR) is 126 cm³/mol. The predicted octanol–water partition coefficient (Wildman–Crippen LogP) is 4.71. The highest BCUT2D eigenvalue weighted by Gasteiger charge is 2.24. The zero-order valence-electron chi connectivity index (χ0n) is 16.6. The molecule has 0 radical (unpaired) electrons. The number of fused-ring (bicyclic) bond motifs is 2. The van der Waals surface area contributed by atoms with Crippen molar-refractivity contribution in [2.24, 2.45) is 0 Å². The first kappa shape index (κ1) is 19.8. The molecule has 8 heteroatoms. The van der Waals surface area contributed by atoms with Gasteiger partial charge in [-0.2, -0.15) is 4.37 Å². The highest BCUT2D eigenvalue weighted by molar-refractivity contribution is 7.11. The van der Waals surface area contributed by atoms with Crippen LogP contribution in [0.4, 0.5) is 5.00 Å². The first-order chi connectivity index (χ1) is 15.0. The number of benzene rings is 2. The van der Waals surface area contributed by atoms with Gasteiger partial charge in [0.25, 0.3) is 0 Å². The van der Waals surface area contributed by atoms with E-state index in [-0.39, 0.29) is 11.7 Å². The number of hydrogen-bond acceptors (Lipinski definition) is 6. The molecule has 156 valence electrons. The summed E-state index contributed by atoms with van der Waals surface area (Å²) in [5, 5.41) is 14.5. The van der Waals surface area contributed by atoms with E-state index >= 15 is 0 Å². The van der Waals surface area contributed by atoms with Gasteiger partial charge in [-0.1, -0.05) is 42.4 Å². The molecule has 0 unspecified atom stereocenters. The third-order valence-corrected chi connectivity index (χ3v) is 6.76. The minimum absolute atomic E-state index is 0.0403. The molecule has 6 nitrogen and oxygen atoms in total. The number of rotatable bonds is 3. The maximum absolute atomic E-state index is 11.8. The molecule has 31 heavy (non-hydrogen) atoms. The second kappa shape index (κ2) is 7.83. The van der Waals surface area contributed by atoms with Crippen LogP contribution in [0.25, 0.3) is 33.1 Å². The molecule has 1 aliphatic rings. The van der Waals surface area contributed by atoms with Gasteiger partial charge in [0.1, 0.15) is 10.8 Å². The minimum atomic E-state index is -0.0403. The van der Waals surface area contributed by atoms with Crippen LogP contribution in [0.1, 0.15) is 0 Å². The fourth-order valence-electron chi connectivity index (χ4n) is 4.01. The molecule has 0 aliphatic carbocycles. The van der Waals surface area contributed by atoms with Crippen LogP contribution in [0.5, 0.6) is 5.75 Å². The number of amides is 1. The highest BCUT2D eigenvalue weighted by Crippen LogP contribution is 2.39. The van der Waals surface area contributed by atoms with Gasteiger partial charge in [0.2, 0.25) is 5.91 Å². The number of halogens is 1. The molecule has 0 atom stereocenters. The van der Waals surface area contributed by atoms with Crippen molar-refractivity contribution in [3.8, 4) is 17.0 Å². The summed E-state index contributed by atoms with van der Waals surface area (Å²) in [6, 6.07) is 13.1. The third kappa shape index (κ3) is 3.49. The van der Waals surface area contributed by atoms with Crippen LogP contribution in [-0.4, -0.2) is 51.5 Å². The summed E-state index contributed by atoms with van der Waals surface area (Å²) in [7, 11) is 0. The van der Waals surface area contributed by atoms with E-state index in [1.807, 2.05) is 30.3 Å². The summed E-state index contributed by atoms with van der Waals surface area (Å²) < 4.78 is 4.56. The van der Waals surface area contributed by atoms with Crippen LogP contribution in [0, 0.1) is 0 Å². The highest BCUT2D eigenvalue weighted by atomic mass is 35.5. The average Bonchev–Trinajstić information content (AvgIpc) is 3.20. The molecule has 0 saturated carbocycles. The maximum Gasteiger partial charge on any atom is 0.246 e. The number of aromatic hydroxyl groups is 1. The largest absolute Gasteiger partial charge is 0.508 e. The molecule has 0 bridgehead atoms. The van der Waals surface area contributed by atoms with Gasteiger partial charge in [-0.05, 0) is 46.6 Å². The molecule has 4 aromatic rings. The Morgan fingerprint density at radius 2 is 1.90 bits per heavy atom. The van der Waals surface area contributed by atoms with E-state index in [1.54, 1.807) is 17.0 Å². The van der Waals surface area contributed by atoms with Crippen molar-refractivity contribution in [3.05, 3.63) is 60.1 Å². The number of nitrogens with zero attached hydrogens (tertiary/aromatic N) is 4. The molecule has 1 fully saturated rings. The smallest absolute Gasteiger partial charge is 0.246 e. The Morgan fingerprint density at radius 3 is 2.68 bits per heavy atom. The van der Waals surface area contributed by atoms with Gasteiger partial charge in [0.05, 0.1) is 16.1 Å². The first-order valence-corrected chi connectivity index (χ1v) is 11.0. The normalized spacial score (nSPS) is 14.4. The number of phenolic OH excluding ortho intramolecular Hbond substituents is 1. The zero-order chi connectivity index (χ0) is 21.5. The Morgan fingerprint density at radius 1 is 1.13 bits per heavy atom. The molecule has 1 aliphatic heterocycles. The van der Waals surface area contributed by atoms with Gasteiger partial charge in [-0.25, -0.2) is 4.98 Å². The topological polar surface area (TPSA) is 69.6 Å². The van der Waals surface area contributed by atoms with Gasteiger partial charge >= 0.3 is 0 Å². The SMILES string of the molecule is C=CC(=O)N1CCN(c2snc3nc(-c4cc(O)cc5ccccc45)c(Cl)cc23)CC1. The van der Waals surface area contributed by atoms with Gasteiger partial charge in [0.15, 0.2) is 5.65 Å². The van der Waals surface area contributed by atoms with Gasteiger partial charge < -0.3 is 14.9 Å². The second-order valence-electron chi connectivity index (χ2n) is 7.41. The number of aromatic nitrogens is 2. The van der Waals surface area contributed by atoms with Crippen LogP contribution in [0.15, 0.2) is 55.1 Å². The molecular weight excluding hydrogens is 432 g/mol. The molecule has 1 amide bonds. The maximum atomic E-state index is 11.8. The van der Waals surface area contributed by atoms with E-state index in [2.05, 4.69) is 15.9 Å². The molecule has 1 saturated heterocycles. The van der Waals surface area contributed by atoms with E-state index in [9.17, 15) is 9.90 Å². The number of anilines is 1. The summed E-state index contributed by atoms with van der Waals surface area (Å²) in [6.07, 6.45) is 1.36. The second-order valence-corrected chi connectivity index (χ2v) is 8.57. The lowest BCUT2D eigenvalue weighted by Crippen LogP contribution is -2.48. The summed E-state index contributed by atoms with van der Waals surface area (Å²) in [6.45, 7) is 6.27. The lowest BCUT2D eigenvalue weighted by atomic mass is 10.0. The van der Waals surface area contributed by atoms with Crippen molar-refractivity contribution in [1.29, 1.82) is 0 Å². The Labute approximate surface area is 188 Å². The van der Waals surface area contributed by atoms with Crippen molar-refractivity contribution >= 4 is 55.8 Å². The Kier molecular flexibility index (Phi) is 5.00. The van der Waals surface area contributed by atoms with E-state index in [0.717, 1.165) is 26.7 Å².